The predicted octanol–water partition coefficient (Wildman–Crippen LogP) is 5.60. The third kappa shape index (κ3) is 3.29. The van der Waals surface area contributed by atoms with Gasteiger partial charge in [0.2, 0.25) is 0 Å². The molecule has 0 spiro atoms. The van der Waals surface area contributed by atoms with E-state index in [2.05, 4.69) is 66.7 Å². The first-order chi connectivity index (χ1) is 8.86. The maximum Gasteiger partial charge on any atom is -0.0279 e. The molecule has 18 heavy (non-hydrogen) atoms. The van der Waals surface area contributed by atoms with Crippen molar-refractivity contribution in [2.45, 2.75) is 0 Å². The van der Waals surface area contributed by atoms with E-state index in [-0.39, 0.29) is 0 Å². The Kier molecular flexibility index (Phi) is 5.56. The Balaban J connectivity index is 0.000000367. The Bertz CT molecular complexity index is 602. The standard InChI is InChI=1S/C15H11.2ClH.Zr/c1-2-6-12(7-3-1)14-10-4-8-13-9-5-11-15(13)14;;;/h1-11H;2*1H;/q-1;;;+2/p-2. The molecule has 0 nitrogen and oxygen atoms in total. The molecule has 0 bridgehead atoms. The molecule has 0 fully saturated rings. The number of benzene rings is 2. The molecule has 3 rings (SSSR count). The molecule has 0 N–H and O–H groups in total. The molecule has 3 aromatic carbocycles. The minimum absolute atomic E-state index is 0.826. The largest absolute Gasteiger partial charge is 0.168 e. The SMILES string of the molecule is [Cl][Zr][Cl].c1ccc(-c2cccc3[cH-]ccc23)cc1. The smallest absolute Gasteiger partial charge is 0.0279 e. The summed E-state index contributed by atoms with van der Waals surface area (Å²) >= 11 is -0.826. The molecule has 0 unspecified atom stereocenters. The first-order valence-corrected chi connectivity index (χ1v) is 11.9. The molecule has 3 heteroatoms. The first kappa shape index (κ1) is 13.9. The van der Waals surface area contributed by atoms with Gasteiger partial charge in [-0.15, -0.1) is 29.0 Å². The van der Waals surface area contributed by atoms with Crippen molar-refractivity contribution in [3.63, 3.8) is 0 Å². The average Bonchev–Trinajstić information content (AvgIpc) is 2.89. The molecule has 0 aliphatic rings. The van der Waals surface area contributed by atoms with Gasteiger partial charge >= 0.3 is 37.9 Å². The second kappa shape index (κ2) is 7.19. The van der Waals surface area contributed by atoms with Crippen LogP contribution < -0.4 is 0 Å². The van der Waals surface area contributed by atoms with E-state index in [0.29, 0.717) is 0 Å². The van der Waals surface area contributed by atoms with Crippen LogP contribution in [0.3, 0.4) is 0 Å². The van der Waals surface area contributed by atoms with Crippen molar-refractivity contribution in [3.05, 3.63) is 66.7 Å². The van der Waals surface area contributed by atoms with Crippen LogP contribution in [0.4, 0.5) is 0 Å². The van der Waals surface area contributed by atoms with Gasteiger partial charge in [0.15, 0.2) is 0 Å². The van der Waals surface area contributed by atoms with E-state index < -0.39 is 20.8 Å². The summed E-state index contributed by atoms with van der Waals surface area (Å²) < 4.78 is 0. The minimum Gasteiger partial charge on any atom is -0.168 e. The van der Waals surface area contributed by atoms with Crippen molar-refractivity contribution in [1.29, 1.82) is 0 Å². The van der Waals surface area contributed by atoms with Crippen molar-refractivity contribution >= 4 is 27.8 Å². The number of rotatable bonds is 1. The summed E-state index contributed by atoms with van der Waals surface area (Å²) in [7, 11) is 9.87. The minimum atomic E-state index is -0.826. The van der Waals surface area contributed by atoms with Gasteiger partial charge in [0.25, 0.3) is 0 Å². The summed E-state index contributed by atoms with van der Waals surface area (Å²) in [4.78, 5) is 0. The molecule has 0 saturated carbocycles. The zero-order valence-corrected chi connectivity index (χ0v) is 13.6. The zero-order valence-electron chi connectivity index (χ0n) is 9.61. The Hall–Kier alpha value is -0.487. The molecular weight excluding hydrogens is 342 g/mol. The molecule has 3 aromatic rings. The normalized spacial score (nSPS) is 9.67. The van der Waals surface area contributed by atoms with Gasteiger partial charge in [-0.3, -0.25) is 0 Å². The Morgan fingerprint density at radius 1 is 0.833 bits per heavy atom. The van der Waals surface area contributed by atoms with Crippen LogP contribution in [0.1, 0.15) is 0 Å². The van der Waals surface area contributed by atoms with Crippen LogP contribution in [0.5, 0.6) is 0 Å². The molecule has 0 heterocycles. The summed E-state index contributed by atoms with van der Waals surface area (Å²) in [5.41, 5.74) is 2.60. The average molecular weight is 353 g/mol. The molecule has 0 aromatic heterocycles. The van der Waals surface area contributed by atoms with Gasteiger partial charge in [-0.05, 0) is 5.56 Å². The fourth-order valence-corrected chi connectivity index (χ4v) is 2.03. The topological polar surface area (TPSA) is 0 Å². The summed E-state index contributed by atoms with van der Waals surface area (Å²) in [6, 6.07) is 23.4. The molecule has 0 atom stereocenters. The summed E-state index contributed by atoms with van der Waals surface area (Å²) in [6.07, 6.45) is 0. The maximum atomic E-state index is 4.93. The fourth-order valence-electron chi connectivity index (χ4n) is 2.03. The van der Waals surface area contributed by atoms with Gasteiger partial charge in [-0.1, -0.05) is 42.0 Å². The van der Waals surface area contributed by atoms with Gasteiger partial charge in [-0.25, -0.2) is 0 Å². The molecular formula is C15H11Cl2Zr-. The van der Waals surface area contributed by atoms with Crippen LogP contribution in [0.15, 0.2) is 66.7 Å². The monoisotopic (exact) mass is 351 g/mol. The van der Waals surface area contributed by atoms with Crippen LogP contribution in [-0.2, 0) is 20.8 Å². The van der Waals surface area contributed by atoms with Crippen LogP contribution in [0, 0.1) is 0 Å². The van der Waals surface area contributed by atoms with Crippen LogP contribution in [0.25, 0.3) is 21.9 Å². The molecule has 0 aliphatic heterocycles. The number of halogens is 2. The van der Waals surface area contributed by atoms with Crippen molar-refractivity contribution < 1.29 is 20.8 Å². The third-order valence-electron chi connectivity index (χ3n) is 2.76. The number of hydrogen-bond donors (Lipinski definition) is 0. The van der Waals surface area contributed by atoms with Crippen molar-refractivity contribution in [1.82, 2.24) is 0 Å². The van der Waals surface area contributed by atoms with Crippen molar-refractivity contribution in [2.75, 3.05) is 0 Å². The van der Waals surface area contributed by atoms with Gasteiger partial charge in [0, 0.05) is 0 Å². The van der Waals surface area contributed by atoms with E-state index in [1.807, 2.05) is 0 Å². The molecule has 0 aliphatic carbocycles. The Labute approximate surface area is 126 Å². The predicted molar refractivity (Wildman–Crippen MR) is 76.7 cm³/mol. The van der Waals surface area contributed by atoms with Gasteiger partial charge < -0.3 is 0 Å². The van der Waals surface area contributed by atoms with E-state index in [1.165, 1.54) is 21.9 Å². The van der Waals surface area contributed by atoms with Crippen LogP contribution in [0.2, 0.25) is 0 Å². The van der Waals surface area contributed by atoms with Gasteiger partial charge in [0.1, 0.15) is 0 Å². The maximum absolute atomic E-state index is 4.93. The first-order valence-electron chi connectivity index (χ1n) is 5.53. The van der Waals surface area contributed by atoms with E-state index >= 15 is 0 Å². The Morgan fingerprint density at radius 3 is 2.28 bits per heavy atom. The molecule has 0 saturated heterocycles. The third-order valence-corrected chi connectivity index (χ3v) is 2.76. The van der Waals surface area contributed by atoms with Crippen molar-refractivity contribution in [3.8, 4) is 11.1 Å². The quantitative estimate of drug-likeness (QED) is 0.499. The Morgan fingerprint density at radius 2 is 1.56 bits per heavy atom. The summed E-state index contributed by atoms with van der Waals surface area (Å²) in [5.74, 6) is 0. The molecule has 0 amide bonds. The summed E-state index contributed by atoms with van der Waals surface area (Å²) in [6.45, 7) is 0. The van der Waals surface area contributed by atoms with E-state index in [0.717, 1.165) is 0 Å². The van der Waals surface area contributed by atoms with Crippen molar-refractivity contribution in [2.24, 2.45) is 0 Å². The fraction of sp³-hybridized carbons (Fsp3) is 0. The molecule has 0 radical (unpaired) electrons. The van der Waals surface area contributed by atoms with E-state index in [4.69, 9.17) is 17.0 Å². The van der Waals surface area contributed by atoms with Gasteiger partial charge in [-0.2, -0.15) is 12.1 Å². The number of hydrogen-bond acceptors (Lipinski definition) is 0. The van der Waals surface area contributed by atoms with Crippen LogP contribution >= 0.6 is 17.0 Å². The number of fused-ring (bicyclic) bond motifs is 1. The van der Waals surface area contributed by atoms with Gasteiger partial charge in [0.05, 0.1) is 0 Å². The second-order valence-corrected chi connectivity index (χ2v) is 7.50. The van der Waals surface area contributed by atoms with E-state index in [1.54, 1.807) is 0 Å². The second-order valence-electron chi connectivity index (χ2n) is 3.77. The van der Waals surface area contributed by atoms with Crippen LogP contribution in [-0.4, -0.2) is 0 Å². The van der Waals surface area contributed by atoms with E-state index in [9.17, 15) is 0 Å². The summed E-state index contributed by atoms with van der Waals surface area (Å²) in [5, 5.41) is 2.65. The molecule has 90 valence electrons. The zero-order chi connectivity index (χ0) is 12.8.